The Morgan fingerprint density at radius 2 is 1.93 bits per heavy atom. The van der Waals surface area contributed by atoms with E-state index in [1.54, 1.807) is 31.2 Å². The molecule has 1 nitrogen and oxygen atoms in total. The monoisotopic (exact) mass is 235 g/mol. The number of aliphatic imine (C=N–C) groups is 1. The van der Waals surface area contributed by atoms with Crippen molar-refractivity contribution >= 4 is 22.5 Å². The molecule has 0 aromatic heterocycles. The highest BCUT2D eigenvalue weighted by atomic mass is 35.5. The van der Waals surface area contributed by atoms with E-state index >= 15 is 0 Å². The quantitative estimate of drug-likeness (QED) is 0.681. The highest BCUT2D eigenvalue weighted by molar-refractivity contribution is 6.65. The Morgan fingerprint density at radius 3 is 2.47 bits per heavy atom. The van der Waals surface area contributed by atoms with Crippen LogP contribution in [-0.2, 0) is 0 Å². The van der Waals surface area contributed by atoms with Gasteiger partial charge in [-0.3, -0.25) is 0 Å². The Labute approximate surface area is 90.6 Å². The second-order valence-electron chi connectivity index (χ2n) is 3.07. The fourth-order valence-electron chi connectivity index (χ4n) is 1.02. The fraction of sp³-hybridized carbons (Fsp3) is 0.300. The van der Waals surface area contributed by atoms with E-state index in [2.05, 4.69) is 4.99 Å². The highest BCUT2D eigenvalue weighted by Gasteiger charge is 2.29. The van der Waals surface area contributed by atoms with Crippen LogP contribution in [0.5, 0.6) is 0 Å². The number of alkyl halides is 3. The molecule has 0 unspecified atom stereocenters. The van der Waals surface area contributed by atoms with Crippen LogP contribution in [0.25, 0.3) is 0 Å². The van der Waals surface area contributed by atoms with Crippen LogP contribution in [0.15, 0.2) is 29.3 Å². The molecule has 1 aromatic carbocycles. The number of hydrogen-bond donors (Lipinski definition) is 0. The van der Waals surface area contributed by atoms with Gasteiger partial charge in [-0.15, -0.1) is 0 Å². The lowest BCUT2D eigenvalue weighted by Gasteiger charge is -2.04. The van der Waals surface area contributed by atoms with Crippen LogP contribution in [0.1, 0.15) is 12.0 Å². The zero-order valence-corrected chi connectivity index (χ0v) is 8.73. The van der Waals surface area contributed by atoms with Crippen molar-refractivity contribution in [1.82, 2.24) is 0 Å². The molecule has 0 amide bonds. The molecule has 1 aromatic rings. The van der Waals surface area contributed by atoms with E-state index in [4.69, 9.17) is 11.6 Å². The topological polar surface area (TPSA) is 12.4 Å². The molecule has 0 spiro atoms. The lowest BCUT2D eigenvalue weighted by molar-refractivity contribution is -0.120. The summed E-state index contributed by atoms with van der Waals surface area (Å²) < 4.78 is 35.8. The maximum Gasteiger partial charge on any atom is 0.395 e. The second-order valence-corrected chi connectivity index (χ2v) is 3.50. The summed E-state index contributed by atoms with van der Waals surface area (Å²) in [6, 6.07) is 6.86. The lowest BCUT2D eigenvalue weighted by Crippen LogP contribution is -2.10. The van der Waals surface area contributed by atoms with E-state index in [1.165, 1.54) is 0 Å². The Bertz CT molecular complexity index is 371. The number of rotatable bonds is 2. The molecule has 0 saturated heterocycles. The molecule has 0 aliphatic carbocycles. The zero-order valence-electron chi connectivity index (χ0n) is 7.98. The van der Waals surface area contributed by atoms with Crippen molar-refractivity contribution in [3.63, 3.8) is 0 Å². The normalized spacial score (nSPS) is 13.0. The van der Waals surface area contributed by atoms with Crippen molar-refractivity contribution in [1.29, 1.82) is 0 Å². The molecule has 0 atom stereocenters. The van der Waals surface area contributed by atoms with E-state index in [0.717, 1.165) is 5.56 Å². The minimum Gasteiger partial charge on any atom is -0.241 e. The molecule has 0 aliphatic heterocycles. The smallest absolute Gasteiger partial charge is 0.241 e. The van der Waals surface area contributed by atoms with Crippen molar-refractivity contribution in [3.05, 3.63) is 29.8 Å². The third-order valence-electron chi connectivity index (χ3n) is 1.70. The van der Waals surface area contributed by atoms with E-state index in [-0.39, 0.29) is 0 Å². The van der Waals surface area contributed by atoms with E-state index in [0.29, 0.717) is 5.69 Å². The molecule has 0 radical (unpaired) electrons. The Morgan fingerprint density at radius 1 is 1.33 bits per heavy atom. The molecule has 15 heavy (non-hydrogen) atoms. The van der Waals surface area contributed by atoms with E-state index in [1.807, 2.05) is 0 Å². The molecule has 82 valence electrons. The molecular formula is C10H9ClF3N. The average Bonchev–Trinajstić information content (AvgIpc) is 2.05. The van der Waals surface area contributed by atoms with Gasteiger partial charge in [0.15, 0.2) is 0 Å². The van der Waals surface area contributed by atoms with Gasteiger partial charge in [0.1, 0.15) is 5.17 Å². The average molecular weight is 236 g/mol. The number of para-hydroxylation sites is 1. The molecule has 0 fully saturated rings. The largest absolute Gasteiger partial charge is 0.395 e. The van der Waals surface area contributed by atoms with Crippen molar-refractivity contribution in [2.45, 2.75) is 19.5 Å². The number of halogens is 4. The Balaban J connectivity index is 2.84. The van der Waals surface area contributed by atoms with Gasteiger partial charge < -0.3 is 0 Å². The van der Waals surface area contributed by atoms with Gasteiger partial charge in [0.05, 0.1) is 12.1 Å². The van der Waals surface area contributed by atoms with Gasteiger partial charge in [0, 0.05) is 0 Å². The van der Waals surface area contributed by atoms with Gasteiger partial charge in [-0.1, -0.05) is 29.8 Å². The fourth-order valence-corrected chi connectivity index (χ4v) is 1.27. The van der Waals surface area contributed by atoms with Gasteiger partial charge in [0.2, 0.25) is 0 Å². The van der Waals surface area contributed by atoms with Gasteiger partial charge in [0.25, 0.3) is 0 Å². The standard InChI is InChI=1S/C10H9ClF3N/c1-7-4-2-3-5-8(7)15-9(11)6-10(12,13)14/h2-5H,6H2,1H3. The first-order valence-corrected chi connectivity index (χ1v) is 4.62. The minimum absolute atomic E-state index is 0.447. The number of aryl methyl sites for hydroxylation is 1. The van der Waals surface area contributed by atoms with Gasteiger partial charge >= 0.3 is 6.18 Å². The predicted molar refractivity (Wildman–Crippen MR) is 54.8 cm³/mol. The maximum atomic E-state index is 11.9. The number of benzene rings is 1. The summed E-state index contributed by atoms with van der Waals surface area (Å²) in [5, 5.41) is -0.447. The summed E-state index contributed by atoms with van der Waals surface area (Å²) in [4.78, 5) is 3.71. The summed E-state index contributed by atoms with van der Waals surface area (Å²) in [6.45, 7) is 1.76. The molecule has 0 saturated carbocycles. The molecule has 5 heteroatoms. The molecule has 0 aliphatic rings. The summed E-state index contributed by atoms with van der Waals surface area (Å²) in [7, 11) is 0. The summed E-state index contributed by atoms with van der Waals surface area (Å²) in [6.07, 6.45) is -5.51. The first-order valence-electron chi connectivity index (χ1n) is 4.24. The first-order chi connectivity index (χ1) is 6.88. The van der Waals surface area contributed by atoms with Crippen LogP contribution in [-0.4, -0.2) is 11.3 Å². The summed E-state index contributed by atoms with van der Waals surface area (Å²) in [5.41, 5.74) is 1.25. The van der Waals surface area contributed by atoms with E-state index in [9.17, 15) is 13.2 Å². The Hall–Kier alpha value is -1.03. The summed E-state index contributed by atoms with van der Waals surface area (Å²) in [5.74, 6) is 0. The third-order valence-corrected chi connectivity index (χ3v) is 1.92. The molecule has 0 bridgehead atoms. The predicted octanol–water partition coefficient (Wildman–Crippen LogP) is 4.22. The van der Waals surface area contributed by atoms with Crippen LogP contribution >= 0.6 is 11.6 Å². The van der Waals surface area contributed by atoms with Crippen molar-refractivity contribution in [2.75, 3.05) is 0 Å². The summed E-state index contributed by atoms with van der Waals surface area (Å²) >= 11 is 5.40. The zero-order chi connectivity index (χ0) is 11.5. The van der Waals surface area contributed by atoms with Gasteiger partial charge in [-0.2, -0.15) is 13.2 Å². The highest BCUT2D eigenvalue weighted by Crippen LogP contribution is 2.24. The molecular weight excluding hydrogens is 227 g/mol. The van der Waals surface area contributed by atoms with Crippen LogP contribution in [0, 0.1) is 6.92 Å². The van der Waals surface area contributed by atoms with Crippen LogP contribution in [0.3, 0.4) is 0 Å². The van der Waals surface area contributed by atoms with Gasteiger partial charge in [-0.05, 0) is 18.6 Å². The lowest BCUT2D eigenvalue weighted by atomic mass is 10.2. The van der Waals surface area contributed by atoms with Crippen molar-refractivity contribution in [2.24, 2.45) is 4.99 Å². The Kier molecular flexibility index (Phi) is 3.74. The SMILES string of the molecule is Cc1ccccc1N=C(Cl)CC(F)(F)F. The van der Waals surface area contributed by atoms with Crippen LogP contribution < -0.4 is 0 Å². The third kappa shape index (κ3) is 4.34. The first kappa shape index (κ1) is 12.0. The van der Waals surface area contributed by atoms with Crippen molar-refractivity contribution in [3.8, 4) is 0 Å². The second kappa shape index (κ2) is 4.66. The molecule has 0 N–H and O–H groups in total. The number of hydrogen-bond acceptors (Lipinski definition) is 1. The molecule has 1 rings (SSSR count). The van der Waals surface area contributed by atoms with Crippen LogP contribution in [0.2, 0.25) is 0 Å². The minimum atomic E-state index is -4.32. The van der Waals surface area contributed by atoms with Gasteiger partial charge in [-0.25, -0.2) is 4.99 Å². The van der Waals surface area contributed by atoms with Crippen molar-refractivity contribution < 1.29 is 13.2 Å². The number of nitrogens with zero attached hydrogens (tertiary/aromatic N) is 1. The maximum absolute atomic E-state index is 11.9. The van der Waals surface area contributed by atoms with E-state index < -0.39 is 17.8 Å². The van der Waals surface area contributed by atoms with Crippen LogP contribution in [0.4, 0.5) is 18.9 Å². The molecule has 0 heterocycles.